The molecule has 7 nitrogen and oxygen atoms in total. The van der Waals surface area contributed by atoms with E-state index in [2.05, 4.69) is 5.32 Å². The van der Waals surface area contributed by atoms with E-state index in [9.17, 15) is 9.59 Å². The first-order chi connectivity index (χ1) is 19.5. The number of ether oxygens (including phenoxy) is 4. The second kappa shape index (κ2) is 12.1. The molecule has 5 rings (SSSR count). The van der Waals surface area contributed by atoms with Gasteiger partial charge in [0.1, 0.15) is 30.5 Å². The molecule has 3 aromatic carbocycles. The molecule has 0 fully saturated rings. The molecule has 0 saturated carbocycles. The van der Waals surface area contributed by atoms with Crippen LogP contribution in [0.4, 0.5) is 0 Å². The summed E-state index contributed by atoms with van der Waals surface area (Å²) in [5, 5.41) is 3.40. The zero-order valence-electron chi connectivity index (χ0n) is 22.9. The molecule has 0 unspecified atom stereocenters. The molecule has 40 heavy (non-hydrogen) atoms. The van der Waals surface area contributed by atoms with Crippen LogP contribution in [0, 0.1) is 0 Å². The van der Waals surface area contributed by atoms with E-state index < -0.39 is 11.9 Å². The Morgan fingerprint density at radius 1 is 0.825 bits per heavy atom. The van der Waals surface area contributed by atoms with E-state index in [4.69, 9.17) is 18.9 Å². The Labute approximate surface area is 234 Å². The van der Waals surface area contributed by atoms with Crippen LogP contribution in [0.1, 0.15) is 42.7 Å². The Morgan fingerprint density at radius 3 is 2.27 bits per heavy atom. The SMILES string of the molecule is COc1ccc([C@H]2CC(=O)C3=C(C2)NC(C)=C(C(=O)OCCOc2ccccc2)[C@@H]3c2cccc(OC)c2)cc1. The number of carbonyl (C=O) groups is 2. The highest BCUT2D eigenvalue weighted by Crippen LogP contribution is 2.46. The van der Waals surface area contributed by atoms with Crippen molar-refractivity contribution in [3.63, 3.8) is 0 Å². The topological polar surface area (TPSA) is 83.1 Å². The minimum absolute atomic E-state index is 0.00704. The molecular weight excluding hydrogens is 506 g/mol. The Morgan fingerprint density at radius 2 is 1.55 bits per heavy atom. The summed E-state index contributed by atoms with van der Waals surface area (Å²) in [6, 6.07) is 24.7. The number of hydrogen-bond acceptors (Lipinski definition) is 7. The largest absolute Gasteiger partial charge is 0.497 e. The molecule has 0 amide bonds. The summed E-state index contributed by atoms with van der Waals surface area (Å²) in [4.78, 5) is 27.3. The highest BCUT2D eigenvalue weighted by molar-refractivity contribution is 6.04. The van der Waals surface area contributed by atoms with Gasteiger partial charge in [-0.3, -0.25) is 4.79 Å². The van der Waals surface area contributed by atoms with Crippen LogP contribution in [0.3, 0.4) is 0 Å². The molecule has 0 aromatic heterocycles. The number of nitrogens with one attached hydrogen (secondary N) is 1. The van der Waals surface area contributed by atoms with E-state index in [1.807, 2.05) is 85.8 Å². The standard InChI is InChI=1S/C33H33NO6/c1-21-30(33(36)40-17-16-39-26-9-5-4-6-10-26)31(23-8-7-11-27(18-23)38-3)32-28(34-21)19-24(20-29(32)35)22-12-14-25(37-2)15-13-22/h4-15,18,24,31,34H,16-17,19-20H2,1-3H3/t24-,31+/m1/s1. The molecule has 7 heteroatoms. The van der Waals surface area contributed by atoms with Gasteiger partial charge in [-0.1, -0.05) is 42.5 Å². The summed E-state index contributed by atoms with van der Waals surface area (Å²) in [7, 11) is 3.23. The van der Waals surface area contributed by atoms with Crippen LogP contribution < -0.4 is 19.5 Å². The quantitative estimate of drug-likeness (QED) is 0.276. The number of ketones is 1. The molecule has 0 saturated heterocycles. The van der Waals surface area contributed by atoms with Crippen molar-refractivity contribution in [1.29, 1.82) is 0 Å². The number of rotatable bonds is 9. The lowest BCUT2D eigenvalue weighted by molar-refractivity contribution is -0.140. The van der Waals surface area contributed by atoms with Gasteiger partial charge in [-0.25, -0.2) is 4.79 Å². The van der Waals surface area contributed by atoms with Gasteiger partial charge < -0.3 is 24.3 Å². The maximum absolute atomic E-state index is 13.8. The predicted molar refractivity (Wildman–Crippen MR) is 151 cm³/mol. The van der Waals surface area contributed by atoms with Gasteiger partial charge in [0.15, 0.2) is 5.78 Å². The summed E-state index contributed by atoms with van der Waals surface area (Å²) >= 11 is 0. The zero-order valence-corrected chi connectivity index (χ0v) is 22.9. The average Bonchev–Trinajstić information content (AvgIpc) is 2.99. The number of Topliss-reactive ketones (excluding diaryl/α,β-unsaturated/α-hetero) is 1. The maximum atomic E-state index is 13.8. The van der Waals surface area contributed by atoms with E-state index in [0.29, 0.717) is 41.2 Å². The van der Waals surface area contributed by atoms with Crippen LogP contribution in [0.5, 0.6) is 17.2 Å². The number of benzene rings is 3. The number of carbonyl (C=O) groups excluding carboxylic acids is 2. The van der Waals surface area contributed by atoms with Gasteiger partial charge in [-0.15, -0.1) is 0 Å². The van der Waals surface area contributed by atoms with E-state index >= 15 is 0 Å². The maximum Gasteiger partial charge on any atom is 0.336 e. The smallest absolute Gasteiger partial charge is 0.336 e. The molecule has 2 atom stereocenters. The van der Waals surface area contributed by atoms with Crippen LogP contribution in [0.15, 0.2) is 101 Å². The minimum atomic E-state index is -0.571. The molecule has 3 aromatic rings. The van der Waals surface area contributed by atoms with Crippen molar-refractivity contribution in [1.82, 2.24) is 5.32 Å². The van der Waals surface area contributed by atoms with Crippen LogP contribution in [-0.4, -0.2) is 39.2 Å². The fraction of sp³-hybridized carbons (Fsp3) is 0.273. The minimum Gasteiger partial charge on any atom is -0.497 e. The number of allylic oxidation sites excluding steroid dienone is 3. The van der Waals surface area contributed by atoms with Crippen LogP contribution in [0.25, 0.3) is 0 Å². The molecule has 1 aliphatic carbocycles. The fourth-order valence-corrected chi connectivity index (χ4v) is 5.46. The molecule has 0 spiro atoms. The van der Waals surface area contributed by atoms with Gasteiger partial charge in [0, 0.05) is 29.3 Å². The first-order valence-electron chi connectivity index (χ1n) is 13.4. The first kappa shape index (κ1) is 27.1. The summed E-state index contributed by atoms with van der Waals surface area (Å²) < 4.78 is 22.1. The summed E-state index contributed by atoms with van der Waals surface area (Å²) in [5.41, 5.74) is 4.41. The van der Waals surface area contributed by atoms with Crippen molar-refractivity contribution in [2.45, 2.75) is 31.6 Å². The lowest BCUT2D eigenvalue weighted by Gasteiger charge is -2.36. The summed E-state index contributed by atoms with van der Waals surface area (Å²) in [6.07, 6.45) is 0.998. The number of hydrogen-bond donors (Lipinski definition) is 1. The summed E-state index contributed by atoms with van der Waals surface area (Å²) in [6.45, 7) is 2.15. The van der Waals surface area contributed by atoms with Crippen molar-refractivity contribution in [3.8, 4) is 17.2 Å². The molecule has 0 bridgehead atoms. The van der Waals surface area contributed by atoms with E-state index in [1.165, 1.54) is 0 Å². The third-order valence-electron chi connectivity index (χ3n) is 7.39. The molecule has 2 aliphatic rings. The second-order valence-corrected chi connectivity index (χ2v) is 9.86. The van der Waals surface area contributed by atoms with Crippen molar-refractivity contribution in [2.24, 2.45) is 0 Å². The molecule has 0 radical (unpaired) electrons. The normalized spacial score (nSPS) is 18.5. The lowest BCUT2D eigenvalue weighted by Crippen LogP contribution is -2.36. The fourth-order valence-electron chi connectivity index (χ4n) is 5.46. The average molecular weight is 540 g/mol. The monoisotopic (exact) mass is 539 g/mol. The molecular formula is C33H33NO6. The molecule has 1 N–H and O–H groups in total. The zero-order chi connectivity index (χ0) is 28.1. The number of esters is 1. The van der Waals surface area contributed by atoms with E-state index in [1.54, 1.807) is 14.2 Å². The van der Waals surface area contributed by atoms with Gasteiger partial charge in [0.25, 0.3) is 0 Å². The molecule has 1 heterocycles. The van der Waals surface area contributed by atoms with Crippen molar-refractivity contribution in [3.05, 3.63) is 113 Å². The van der Waals surface area contributed by atoms with Crippen LogP contribution in [0.2, 0.25) is 0 Å². The van der Waals surface area contributed by atoms with Crippen molar-refractivity contribution >= 4 is 11.8 Å². The first-order valence-corrected chi connectivity index (χ1v) is 13.4. The van der Waals surface area contributed by atoms with E-state index in [-0.39, 0.29) is 24.9 Å². The highest BCUT2D eigenvalue weighted by atomic mass is 16.6. The Kier molecular flexibility index (Phi) is 8.20. The van der Waals surface area contributed by atoms with Crippen molar-refractivity contribution < 1.29 is 28.5 Å². The predicted octanol–water partition coefficient (Wildman–Crippen LogP) is 5.69. The van der Waals surface area contributed by atoms with Crippen LogP contribution in [-0.2, 0) is 14.3 Å². The summed E-state index contributed by atoms with van der Waals surface area (Å²) in [5.74, 6) is 1.11. The second-order valence-electron chi connectivity index (χ2n) is 9.86. The third kappa shape index (κ3) is 5.73. The lowest BCUT2D eigenvalue weighted by atomic mass is 9.71. The highest BCUT2D eigenvalue weighted by Gasteiger charge is 2.41. The Hall–Kier alpha value is -4.52. The van der Waals surface area contributed by atoms with Gasteiger partial charge in [0.05, 0.1) is 19.8 Å². The van der Waals surface area contributed by atoms with Crippen LogP contribution >= 0.6 is 0 Å². The number of methoxy groups -OCH3 is 2. The Bertz CT molecular complexity index is 1440. The van der Waals surface area contributed by atoms with E-state index in [0.717, 1.165) is 22.6 Å². The van der Waals surface area contributed by atoms with Gasteiger partial charge >= 0.3 is 5.97 Å². The molecule has 206 valence electrons. The van der Waals surface area contributed by atoms with Gasteiger partial charge in [-0.05, 0) is 66.8 Å². The number of dihydropyridines is 1. The Balaban J connectivity index is 1.42. The van der Waals surface area contributed by atoms with Gasteiger partial charge in [-0.2, -0.15) is 0 Å². The number of para-hydroxylation sites is 1. The van der Waals surface area contributed by atoms with Crippen molar-refractivity contribution in [2.75, 3.05) is 27.4 Å². The molecule has 1 aliphatic heterocycles. The third-order valence-corrected chi connectivity index (χ3v) is 7.39. The van der Waals surface area contributed by atoms with Gasteiger partial charge in [0.2, 0.25) is 0 Å².